The van der Waals surface area contributed by atoms with Crippen molar-refractivity contribution >= 4 is 111 Å². The summed E-state index contributed by atoms with van der Waals surface area (Å²) in [5.74, 6) is 0.159. The Morgan fingerprint density at radius 3 is 1.23 bits per heavy atom. The number of imide groups is 4. The van der Waals surface area contributed by atoms with Gasteiger partial charge in [-0.05, 0) is 170 Å². The normalized spacial score (nSPS) is 18.9. The van der Waals surface area contributed by atoms with E-state index in [2.05, 4.69) is 84.4 Å². The number of H-pyrrole nitrogens is 2. The van der Waals surface area contributed by atoms with E-state index in [0.29, 0.717) is 79.0 Å². The fourth-order valence-electron chi connectivity index (χ4n) is 19.6. The van der Waals surface area contributed by atoms with Crippen LogP contribution in [0.25, 0.3) is 77.6 Å². The van der Waals surface area contributed by atoms with E-state index in [1.165, 1.54) is 81.7 Å². The number of rotatable bonds is 19. The number of carbonyl (C=O) groups is 13. The molecule has 146 heavy (non-hydrogen) atoms. The lowest BCUT2D eigenvalue weighted by Gasteiger charge is -2.31. The molecule has 11 aromatic carbocycles. The predicted molar refractivity (Wildman–Crippen MR) is 512 cm³/mol. The number of nitrogens with zero attached hydrogens (tertiary/aromatic N) is 9. The SMILES string of the molecule is Cc1cc(-c2ccc([C@]3(CN4Cc5ccc(F)cc5C4=O)NC(=O)NC3=O)cc2)cc2[nH]cnc12.Cn1nc(C=O)cc1-c1ccc([C@@]2(CN3Cc4ccc(F)cc4C3=O)NC(=O)NC2=O)cc1.O=C1NC(=O)[C@](CN2Cc3ccc(F)cc3C2=O)(c2ccc(-c3cc(C(F)(F)F)cc4[nH]cnc34)cc2)N1.O=C1NC(=O)[C@](CN2Cc3ccc(OCC#CCO)cc3C2=O)(c2ccc(-c3cccc4cccnc34)cc2)N1. The van der Waals surface area contributed by atoms with E-state index in [1.807, 2.05) is 73.7 Å². The zero-order valence-electron chi connectivity index (χ0n) is 76.8. The number of alkyl halides is 3. The predicted octanol–water partition coefficient (Wildman–Crippen LogP) is 12.1. The number of imidazole rings is 2. The van der Waals surface area contributed by atoms with E-state index in [0.717, 1.165) is 79.1 Å². The topological polar surface area (TPSA) is 449 Å². The zero-order chi connectivity index (χ0) is 102. The Morgan fingerprint density at radius 2 is 0.815 bits per heavy atom. The maximum absolute atomic E-state index is 13.7. The molecule has 4 atom stereocenters. The average Bonchev–Trinajstić information content (AvgIpc) is 1.60. The van der Waals surface area contributed by atoms with Gasteiger partial charge in [-0.25, -0.2) is 42.3 Å². The van der Waals surface area contributed by atoms with Crippen molar-refractivity contribution in [2.75, 3.05) is 39.4 Å². The highest BCUT2D eigenvalue weighted by Crippen LogP contribution is 2.43. The number of aromatic amines is 2. The summed E-state index contributed by atoms with van der Waals surface area (Å²) in [6, 6.07) is 59.5. The van der Waals surface area contributed by atoms with Crippen LogP contribution >= 0.6 is 0 Å². The summed E-state index contributed by atoms with van der Waals surface area (Å²) in [5, 5.41) is 33.8. The number of aliphatic hydroxyl groups is 1. The van der Waals surface area contributed by atoms with Gasteiger partial charge in [-0.1, -0.05) is 157 Å². The monoisotopic (exact) mass is 1970 g/mol. The molecule has 0 aliphatic carbocycles. The van der Waals surface area contributed by atoms with Gasteiger partial charge in [-0.15, -0.1) is 0 Å². The number of carbonyl (C=O) groups excluding carboxylic acids is 13. The average molecular weight is 1970 g/mol. The minimum Gasteiger partial charge on any atom is -0.481 e. The Kier molecular flexibility index (Phi) is 24.2. The number of hydrogen-bond donors (Lipinski definition) is 11. The standard InChI is InChI=1S/C31H24N4O5.C26H17F4N5O3.C26H20FN5O3.C23H18FN5O4/c36-15-1-2-16-40-24-13-10-22-18-35(28(37)26(22)17-24)19-31(29(38)33-30(39)34-31)23-11-8-20(9-12-23)25-7-3-5-21-6-4-14-32-27(21)25;27-17-6-3-14-10-35(22(36)19(14)9-17)11-25(23(37)33-24(38)34-25)15-4-1-13(2-5-15)18-7-16(26(28,29)30)8-20-21(18)32-12-31-20;1-14-8-17(9-21-22(14)29-13-28-21)15-2-5-18(6-3-15)26(24(34)30-25(35)31-26)12-32-11-16-4-7-19(27)10-20(16)23(32)33;1-28-19(9-17(11-30)27-28)13-2-5-15(6-3-13)23(21(32)25-22(33)26-23)12-29-10-14-4-7-16(24)8-18(14)20(29)31/h3-14,17,36H,15-16,18-19H2,(H2,33,34,38,39);1-9,12H,10-11H2,(H,31,32)(H2,33,34,37,38);2-10,13H,11-12H2,1H3,(H,28,29)(H2,30,31,34,35);2-9,11H,10,12H2,1H3,(H2,25,26,32,33)/t31-;25-;26-;23-/m0001/s1. The van der Waals surface area contributed by atoms with E-state index in [1.54, 1.807) is 114 Å². The van der Waals surface area contributed by atoms with Crippen LogP contribution in [-0.4, -0.2) is 176 Å². The number of halogens is 6. The third kappa shape index (κ3) is 17.5. The lowest BCUT2D eigenvalue weighted by Crippen LogP contribution is -2.52. The molecule has 23 rings (SSSR count). The van der Waals surface area contributed by atoms with Crippen molar-refractivity contribution < 1.29 is 98.5 Å². The summed E-state index contributed by atoms with van der Waals surface area (Å²) >= 11 is 0. The van der Waals surface area contributed by atoms with E-state index in [9.17, 15) is 88.7 Å². The number of para-hydroxylation sites is 1. The highest BCUT2D eigenvalue weighted by atomic mass is 19.4. The van der Waals surface area contributed by atoms with Gasteiger partial charge in [0.25, 0.3) is 47.3 Å². The Balaban J connectivity index is 0.000000119. The van der Waals surface area contributed by atoms with Gasteiger partial charge in [0.1, 0.15) is 42.1 Å². The smallest absolute Gasteiger partial charge is 0.416 e. The second-order valence-electron chi connectivity index (χ2n) is 35.7. The Hall–Kier alpha value is -18.8. The first-order chi connectivity index (χ1) is 70.2. The molecule has 34 nitrogen and oxygen atoms in total. The molecule has 15 aromatic rings. The third-order valence-corrected chi connectivity index (χ3v) is 26.8. The van der Waals surface area contributed by atoms with Crippen molar-refractivity contribution in [3.05, 3.63) is 350 Å². The van der Waals surface area contributed by atoms with Crippen LogP contribution in [0.3, 0.4) is 0 Å². The minimum absolute atomic E-state index is 0.0502. The number of aromatic nitrogens is 7. The fourth-order valence-corrected chi connectivity index (χ4v) is 19.6. The molecular weight excluding hydrogens is 1890 g/mol. The number of ether oxygens (including phenoxy) is 1. The maximum Gasteiger partial charge on any atom is 0.416 e. The first-order valence-electron chi connectivity index (χ1n) is 45.3. The molecule has 8 aliphatic heterocycles. The van der Waals surface area contributed by atoms with Crippen molar-refractivity contribution in [2.45, 2.75) is 61.4 Å². The molecule has 11 N–H and O–H groups in total. The van der Waals surface area contributed by atoms with Crippen molar-refractivity contribution in [1.82, 2.24) is 96.8 Å². The molecule has 4 aromatic heterocycles. The first-order valence-corrected chi connectivity index (χ1v) is 45.3. The molecule has 8 aliphatic rings. The summed E-state index contributed by atoms with van der Waals surface area (Å²) in [6.45, 7) is 2.12. The Bertz CT molecular complexity index is 8120. The van der Waals surface area contributed by atoms with Crippen LogP contribution in [0.4, 0.5) is 45.5 Å². The van der Waals surface area contributed by atoms with Crippen LogP contribution < -0.4 is 47.3 Å². The molecule has 0 bridgehead atoms. The molecule has 4 saturated heterocycles. The maximum atomic E-state index is 13.7. The Morgan fingerprint density at radius 1 is 0.411 bits per heavy atom. The number of aliphatic hydroxyl groups excluding tert-OH is 1. The van der Waals surface area contributed by atoms with Gasteiger partial charge in [-0.2, -0.15) is 18.3 Å². The summed E-state index contributed by atoms with van der Waals surface area (Å²) in [6.07, 6.45) is 0.781. The second-order valence-corrected chi connectivity index (χ2v) is 35.7. The van der Waals surface area contributed by atoms with E-state index < -0.39 is 111 Å². The number of pyridine rings is 1. The highest BCUT2D eigenvalue weighted by molar-refractivity contribution is 6.12. The van der Waals surface area contributed by atoms with Crippen molar-refractivity contribution in [1.29, 1.82) is 0 Å². The van der Waals surface area contributed by atoms with Gasteiger partial charge in [-0.3, -0.25) is 74.1 Å². The third-order valence-electron chi connectivity index (χ3n) is 26.8. The van der Waals surface area contributed by atoms with E-state index in [-0.39, 0.29) is 105 Å². The fraction of sp³-hybridized carbons (Fsp3) is 0.160. The number of fused-ring (bicyclic) bond motifs is 7. The molecule has 16 amide bonds. The molecule has 0 radical (unpaired) electrons. The van der Waals surface area contributed by atoms with E-state index in [4.69, 9.17) is 9.84 Å². The molecule has 0 saturated carbocycles. The lowest BCUT2D eigenvalue weighted by molar-refractivity contribution is -0.137. The second kappa shape index (κ2) is 37.3. The quantitative estimate of drug-likeness (QED) is 0.0155. The minimum atomic E-state index is -4.58. The van der Waals surface area contributed by atoms with Crippen LogP contribution in [0.1, 0.15) is 108 Å². The van der Waals surface area contributed by atoms with E-state index >= 15 is 0 Å². The molecule has 4 fully saturated rings. The van der Waals surface area contributed by atoms with Crippen LogP contribution in [-0.2, 0) is 80.7 Å². The zero-order valence-corrected chi connectivity index (χ0v) is 76.8. The Labute approximate surface area is 822 Å². The van der Waals surface area contributed by atoms with Crippen LogP contribution in [0.2, 0.25) is 0 Å². The summed E-state index contributed by atoms with van der Waals surface area (Å²) in [5.41, 5.74) is 9.19. The van der Waals surface area contributed by atoms with Crippen molar-refractivity contribution in [3.8, 4) is 62.2 Å². The molecule has 730 valence electrons. The lowest BCUT2D eigenvalue weighted by atomic mass is 9.87. The molecular formula is C106H79F6N19O15. The van der Waals surface area contributed by atoms with Gasteiger partial charge < -0.3 is 60.7 Å². The number of nitrogens with one attached hydrogen (secondary N) is 10. The highest BCUT2D eigenvalue weighted by Gasteiger charge is 2.55. The van der Waals surface area contributed by atoms with Gasteiger partial charge >= 0.3 is 30.3 Å². The number of aryl methyl sites for hydroxylation is 2. The summed E-state index contributed by atoms with van der Waals surface area (Å²) in [4.78, 5) is 189. The molecule has 12 heterocycles. The summed E-state index contributed by atoms with van der Waals surface area (Å²) in [7, 11) is 1.71. The number of benzene rings is 11. The number of amides is 16. The molecule has 0 spiro atoms. The number of hydrogen-bond acceptors (Lipinski definition) is 19. The van der Waals surface area contributed by atoms with Crippen LogP contribution in [0.15, 0.2) is 249 Å². The van der Waals surface area contributed by atoms with Gasteiger partial charge in [0.15, 0.2) is 28.4 Å². The van der Waals surface area contributed by atoms with Crippen molar-refractivity contribution in [3.63, 3.8) is 0 Å². The van der Waals surface area contributed by atoms with Crippen LogP contribution in [0, 0.1) is 36.2 Å². The number of aldehydes is 1. The first kappa shape index (κ1) is 94.8. The number of urea groups is 4. The van der Waals surface area contributed by atoms with Gasteiger partial charge in [0, 0.05) is 78.2 Å². The van der Waals surface area contributed by atoms with Gasteiger partial charge in [0.05, 0.1) is 77.7 Å². The largest absolute Gasteiger partial charge is 0.481 e. The van der Waals surface area contributed by atoms with Crippen molar-refractivity contribution in [2.24, 2.45) is 7.05 Å². The molecule has 40 heteroatoms. The van der Waals surface area contributed by atoms with Crippen LogP contribution in [0.5, 0.6) is 5.75 Å². The molecule has 0 unspecified atom stereocenters. The van der Waals surface area contributed by atoms with Gasteiger partial charge in [0.2, 0.25) is 0 Å². The summed E-state index contributed by atoms with van der Waals surface area (Å²) < 4.78 is 88.6.